The monoisotopic (exact) mass is 391 g/mol. The average Bonchev–Trinajstić information content (AvgIpc) is 2.69. The van der Waals surface area contributed by atoms with Crippen molar-refractivity contribution in [2.45, 2.75) is 0 Å². The van der Waals surface area contributed by atoms with Gasteiger partial charge in [-0.1, -0.05) is 0 Å². The predicted octanol–water partition coefficient (Wildman–Crippen LogP) is 1.02. The van der Waals surface area contributed by atoms with E-state index in [0.29, 0.717) is 31.7 Å². The second-order valence-electron chi connectivity index (χ2n) is 5.86. The van der Waals surface area contributed by atoms with Crippen LogP contribution in [0.5, 0.6) is 0 Å². The van der Waals surface area contributed by atoms with Crippen molar-refractivity contribution < 1.29 is 22.7 Å². The zero-order chi connectivity index (χ0) is 19.4. The number of aromatic nitrogens is 1. The summed E-state index contributed by atoms with van der Waals surface area (Å²) < 4.78 is 37.0. The Morgan fingerprint density at radius 1 is 1.07 bits per heavy atom. The molecule has 0 saturated carbocycles. The van der Waals surface area contributed by atoms with Gasteiger partial charge in [-0.3, -0.25) is 18.8 Å². The van der Waals surface area contributed by atoms with Crippen molar-refractivity contribution in [1.82, 2.24) is 14.8 Å². The summed E-state index contributed by atoms with van der Waals surface area (Å²) in [5.41, 5.74) is 0.367. The number of hydrogen-bond donors (Lipinski definition) is 1. The lowest BCUT2D eigenvalue weighted by atomic mass is 10.1. The van der Waals surface area contributed by atoms with E-state index >= 15 is 0 Å². The summed E-state index contributed by atoms with van der Waals surface area (Å²) in [4.78, 5) is 32.0. The van der Waals surface area contributed by atoms with Crippen LogP contribution in [0.15, 0.2) is 42.7 Å². The van der Waals surface area contributed by atoms with Crippen LogP contribution < -0.4 is 4.72 Å². The van der Waals surface area contributed by atoms with E-state index in [4.69, 9.17) is 0 Å². The first-order valence-corrected chi connectivity index (χ1v) is 9.17. The molecule has 2 amide bonds. The van der Waals surface area contributed by atoms with E-state index in [2.05, 4.69) is 4.98 Å². The largest absolute Gasteiger partial charge is 0.755 e. The molecule has 0 aliphatic carbocycles. The summed E-state index contributed by atoms with van der Waals surface area (Å²) in [6, 6.07) is 6.90. The van der Waals surface area contributed by atoms with Gasteiger partial charge in [-0.05, 0) is 30.3 Å². The standard InChI is InChI=1S/C17H17FN4O4S/c18-14-10-12(3-4-15(14)20-27(25)26)16(23)21-6-8-22(9-7-21)17(24)13-2-1-5-19-11-13/h1-5,10-11,20H,6-9H2,(H,25,26)/p-1. The molecule has 0 spiro atoms. The van der Waals surface area contributed by atoms with E-state index in [1.54, 1.807) is 23.2 Å². The number of nitrogens with zero attached hydrogens (tertiary/aromatic N) is 3. The van der Waals surface area contributed by atoms with Crippen molar-refractivity contribution in [3.05, 3.63) is 59.7 Å². The summed E-state index contributed by atoms with van der Waals surface area (Å²) in [5, 5.41) is 0. The third-order valence-electron chi connectivity index (χ3n) is 4.17. The minimum Gasteiger partial charge on any atom is -0.755 e. The zero-order valence-corrected chi connectivity index (χ0v) is 14.9. The van der Waals surface area contributed by atoms with E-state index in [0.717, 1.165) is 6.07 Å². The van der Waals surface area contributed by atoms with Crippen LogP contribution in [0.1, 0.15) is 20.7 Å². The molecule has 1 aromatic carbocycles. The number of nitrogens with one attached hydrogen (secondary N) is 1. The van der Waals surface area contributed by atoms with Gasteiger partial charge in [0.25, 0.3) is 11.8 Å². The van der Waals surface area contributed by atoms with Crippen LogP contribution in [0.4, 0.5) is 10.1 Å². The molecule has 27 heavy (non-hydrogen) atoms. The van der Waals surface area contributed by atoms with E-state index in [1.165, 1.54) is 23.2 Å². The summed E-state index contributed by atoms with van der Waals surface area (Å²) in [6.45, 7) is 1.35. The van der Waals surface area contributed by atoms with Gasteiger partial charge < -0.3 is 19.1 Å². The van der Waals surface area contributed by atoms with Gasteiger partial charge in [0.05, 0.1) is 11.3 Å². The Morgan fingerprint density at radius 2 is 1.70 bits per heavy atom. The number of halogens is 1. The van der Waals surface area contributed by atoms with Gasteiger partial charge in [-0.15, -0.1) is 0 Å². The number of anilines is 1. The number of carbonyl (C=O) groups excluding carboxylic acids is 2. The molecule has 10 heteroatoms. The Kier molecular flexibility index (Phi) is 5.77. The maximum atomic E-state index is 13.9. The zero-order valence-electron chi connectivity index (χ0n) is 14.1. The number of benzene rings is 1. The number of carbonyl (C=O) groups is 2. The molecule has 1 aliphatic heterocycles. The Hall–Kier alpha value is -2.85. The molecule has 1 atom stereocenters. The van der Waals surface area contributed by atoms with Crippen molar-refractivity contribution in [2.24, 2.45) is 0 Å². The van der Waals surface area contributed by atoms with Gasteiger partial charge in [0.15, 0.2) is 0 Å². The number of amides is 2. The highest BCUT2D eigenvalue weighted by atomic mass is 32.2. The Balaban J connectivity index is 1.62. The van der Waals surface area contributed by atoms with E-state index < -0.39 is 17.1 Å². The topological polar surface area (TPSA) is 106 Å². The molecule has 1 unspecified atom stereocenters. The number of rotatable bonds is 4. The van der Waals surface area contributed by atoms with Gasteiger partial charge in [0.1, 0.15) is 5.82 Å². The van der Waals surface area contributed by atoms with Crippen molar-refractivity contribution in [3.63, 3.8) is 0 Å². The van der Waals surface area contributed by atoms with E-state index in [-0.39, 0.29) is 23.1 Å². The Bertz CT molecular complexity index is 872. The van der Waals surface area contributed by atoms with Crippen LogP contribution in [-0.2, 0) is 11.3 Å². The van der Waals surface area contributed by atoms with Crippen LogP contribution in [-0.4, -0.2) is 61.5 Å². The first-order valence-electron chi connectivity index (χ1n) is 8.10. The fourth-order valence-corrected chi connectivity index (χ4v) is 3.13. The van der Waals surface area contributed by atoms with Crippen LogP contribution in [0.2, 0.25) is 0 Å². The van der Waals surface area contributed by atoms with Crippen LogP contribution >= 0.6 is 0 Å². The molecule has 1 aromatic heterocycles. The van der Waals surface area contributed by atoms with Gasteiger partial charge in [-0.2, -0.15) is 0 Å². The molecule has 1 N–H and O–H groups in total. The molecule has 142 valence electrons. The second-order valence-corrected chi connectivity index (χ2v) is 6.53. The lowest BCUT2D eigenvalue weighted by Crippen LogP contribution is -2.50. The highest BCUT2D eigenvalue weighted by molar-refractivity contribution is 7.80. The van der Waals surface area contributed by atoms with Gasteiger partial charge in [0, 0.05) is 55.4 Å². The molecular weight excluding hydrogens is 375 g/mol. The molecule has 3 rings (SSSR count). The van der Waals surface area contributed by atoms with Gasteiger partial charge in [0.2, 0.25) is 0 Å². The third kappa shape index (κ3) is 4.47. The maximum Gasteiger partial charge on any atom is 0.255 e. The minimum absolute atomic E-state index is 0.113. The second kappa shape index (κ2) is 8.23. The normalized spacial score (nSPS) is 15.3. The number of hydrogen-bond acceptors (Lipinski definition) is 5. The van der Waals surface area contributed by atoms with E-state index in [9.17, 15) is 22.7 Å². The first-order chi connectivity index (χ1) is 13.0. The molecule has 1 saturated heterocycles. The van der Waals surface area contributed by atoms with Crippen LogP contribution in [0.25, 0.3) is 0 Å². The molecule has 2 heterocycles. The Morgan fingerprint density at radius 3 is 2.22 bits per heavy atom. The summed E-state index contributed by atoms with van der Waals surface area (Å²) in [6.07, 6.45) is 3.08. The highest BCUT2D eigenvalue weighted by Gasteiger charge is 2.26. The smallest absolute Gasteiger partial charge is 0.255 e. The van der Waals surface area contributed by atoms with Crippen LogP contribution in [0.3, 0.4) is 0 Å². The minimum atomic E-state index is -2.65. The molecule has 1 aliphatic rings. The SMILES string of the molecule is O=C(c1cccnc1)N1CCN(C(=O)c2ccc(NS(=O)[O-])c(F)c2)CC1. The molecule has 1 fully saturated rings. The lowest BCUT2D eigenvalue weighted by molar-refractivity contribution is 0.0535. The third-order valence-corrected chi connectivity index (χ3v) is 4.56. The Labute approximate surface area is 157 Å². The summed E-state index contributed by atoms with van der Waals surface area (Å²) in [7, 11) is 0. The maximum absolute atomic E-state index is 13.9. The highest BCUT2D eigenvalue weighted by Crippen LogP contribution is 2.18. The molecule has 0 radical (unpaired) electrons. The lowest BCUT2D eigenvalue weighted by Gasteiger charge is -2.34. The van der Waals surface area contributed by atoms with Crippen molar-refractivity contribution in [3.8, 4) is 0 Å². The van der Waals surface area contributed by atoms with Crippen molar-refractivity contribution in [1.29, 1.82) is 0 Å². The summed E-state index contributed by atoms with van der Waals surface area (Å²) >= 11 is -2.65. The van der Waals surface area contributed by atoms with Crippen molar-refractivity contribution >= 4 is 28.8 Å². The van der Waals surface area contributed by atoms with Gasteiger partial charge >= 0.3 is 0 Å². The molecular formula is C17H16FN4O4S-. The van der Waals surface area contributed by atoms with Gasteiger partial charge in [-0.25, -0.2) is 4.39 Å². The number of piperazine rings is 1. The van der Waals surface area contributed by atoms with E-state index in [1.807, 2.05) is 4.72 Å². The predicted molar refractivity (Wildman–Crippen MR) is 95.0 cm³/mol. The quantitative estimate of drug-likeness (QED) is 0.784. The fourth-order valence-electron chi connectivity index (χ4n) is 2.79. The van der Waals surface area contributed by atoms with Crippen LogP contribution in [0, 0.1) is 5.82 Å². The average molecular weight is 391 g/mol. The summed E-state index contributed by atoms with van der Waals surface area (Å²) in [5.74, 6) is -1.37. The molecule has 8 nitrogen and oxygen atoms in total. The molecule has 2 aromatic rings. The van der Waals surface area contributed by atoms with Crippen molar-refractivity contribution in [2.75, 3.05) is 30.9 Å². The molecule has 0 bridgehead atoms. The fraction of sp³-hybridized carbons (Fsp3) is 0.235. The first kappa shape index (κ1) is 18.9. The number of pyridine rings is 1.